The molecule has 9 nitrogen and oxygen atoms in total. The van der Waals surface area contributed by atoms with Crippen LogP contribution in [-0.4, -0.2) is 52.0 Å². The lowest BCUT2D eigenvalue weighted by atomic mass is 9.91. The van der Waals surface area contributed by atoms with Crippen molar-refractivity contribution in [3.05, 3.63) is 130 Å². The summed E-state index contributed by atoms with van der Waals surface area (Å²) in [6.45, 7) is 6.89. The van der Waals surface area contributed by atoms with Crippen LogP contribution in [0.15, 0.2) is 100 Å². The molecule has 0 N–H and O–H groups in total. The van der Waals surface area contributed by atoms with Gasteiger partial charge >= 0.3 is 5.97 Å². The molecular weight excluding hydrogens is 696 g/mol. The smallest absolute Gasteiger partial charge is 0.308 e. The van der Waals surface area contributed by atoms with E-state index in [-0.39, 0.29) is 36.5 Å². The molecule has 4 heterocycles. The molecule has 5 rings (SSSR count). The third kappa shape index (κ3) is 13.0. The predicted molar refractivity (Wildman–Crippen MR) is 216 cm³/mol. The Balaban J connectivity index is 0.961. The number of fused-ring (bicyclic) bond motifs is 2. The van der Waals surface area contributed by atoms with E-state index in [1.54, 1.807) is 10.6 Å². The van der Waals surface area contributed by atoms with Gasteiger partial charge < -0.3 is 18.9 Å². The van der Waals surface area contributed by atoms with E-state index in [9.17, 15) is 14.0 Å². The molecule has 1 aromatic carbocycles. The summed E-state index contributed by atoms with van der Waals surface area (Å²) in [7, 11) is 0. The first-order valence-corrected chi connectivity index (χ1v) is 19.9. The van der Waals surface area contributed by atoms with Crippen molar-refractivity contribution < 1.29 is 23.2 Å². The number of piperidine rings is 1. The monoisotopic (exact) mass is 752 g/mol. The molecular formula is C45H57FN4O5. The van der Waals surface area contributed by atoms with Crippen molar-refractivity contribution in [2.75, 3.05) is 26.4 Å². The van der Waals surface area contributed by atoms with E-state index in [4.69, 9.17) is 19.0 Å². The topological polar surface area (TPSA) is 99.7 Å². The molecule has 1 saturated heterocycles. The summed E-state index contributed by atoms with van der Waals surface area (Å²) in [5.41, 5.74) is 2.84. The first-order valence-electron chi connectivity index (χ1n) is 19.9. The number of likely N-dealkylation sites (tertiary alicyclic amines) is 1. The summed E-state index contributed by atoms with van der Waals surface area (Å²) in [6.07, 6.45) is 34.8. The molecule has 0 amide bonds. The third-order valence-electron chi connectivity index (χ3n) is 10.2. The van der Waals surface area contributed by atoms with Crippen LogP contribution in [0.4, 0.5) is 4.39 Å². The first-order chi connectivity index (χ1) is 26.9. The normalized spacial score (nSPS) is 17.4. The molecule has 0 saturated carbocycles. The highest BCUT2D eigenvalue weighted by Crippen LogP contribution is 2.33. The number of halogens is 1. The number of allylic oxidation sites excluding steroid dienone is 12. The van der Waals surface area contributed by atoms with Gasteiger partial charge in [-0.3, -0.25) is 14.2 Å². The minimum Gasteiger partial charge on any atom is -0.438 e. The maximum Gasteiger partial charge on any atom is 0.308 e. The number of aryl methyl sites for hydroxylation is 1. The molecule has 2 aliphatic heterocycles. The molecule has 1 fully saturated rings. The lowest BCUT2D eigenvalue weighted by molar-refractivity contribution is -0.162. The van der Waals surface area contributed by atoms with Gasteiger partial charge in [0.15, 0.2) is 12.4 Å². The van der Waals surface area contributed by atoms with E-state index >= 15 is 0 Å². The van der Waals surface area contributed by atoms with Gasteiger partial charge in [0.1, 0.15) is 17.7 Å². The predicted octanol–water partition coefficient (Wildman–Crippen LogP) is 9.69. The number of benzene rings is 1. The lowest BCUT2D eigenvalue weighted by Gasteiger charge is -2.31. The van der Waals surface area contributed by atoms with E-state index in [2.05, 4.69) is 76.9 Å². The Morgan fingerprint density at radius 3 is 2.24 bits per heavy atom. The summed E-state index contributed by atoms with van der Waals surface area (Å²) < 4.78 is 32.0. The Morgan fingerprint density at radius 1 is 0.909 bits per heavy atom. The van der Waals surface area contributed by atoms with Crippen LogP contribution in [0.25, 0.3) is 11.0 Å². The van der Waals surface area contributed by atoms with Crippen molar-refractivity contribution in [2.24, 2.45) is 0 Å². The molecule has 2 aromatic heterocycles. The molecule has 1 unspecified atom stereocenters. The molecule has 3 aromatic rings. The van der Waals surface area contributed by atoms with E-state index in [1.807, 2.05) is 19.9 Å². The summed E-state index contributed by atoms with van der Waals surface area (Å²) in [4.78, 5) is 33.2. The van der Waals surface area contributed by atoms with Gasteiger partial charge in [0.05, 0.1) is 5.69 Å². The van der Waals surface area contributed by atoms with Gasteiger partial charge in [-0.25, -0.2) is 9.37 Å². The number of nitrogens with zero attached hydrogens (tertiary/aromatic N) is 4. The molecule has 0 radical (unpaired) electrons. The Kier molecular flexibility index (Phi) is 17.1. The van der Waals surface area contributed by atoms with E-state index in [1.165, 1.54) is 12.1 Å². The van der Waals surface area contributed by atoms with Crippen LogP contribution in [0, 0.1) is 12.7 Å². The van der Waals surface area contributed by atoms with Crippen molar-refractivity contribution in [2.45, 2.75) is 109 Å². The second-order valence-corrected chi connectivity index (χ2v) is 14.1. The third-order valence-corrected chi connectivity index (χ3v) is 10.2. The summed E-state index contributed by atoms with van der Waals surface area (Å²) >= 11 is 0. The fourth-order valence-corrected chi connectivity index (χ4v) is 7.09. The fourth-order valence-electron chi connectivity index (χ4n) is 7.09. The number of aromatic nitrogens is 3. The standard InChI is InChI=1S/C45H57FN4O5/c1-3-4-5-6-7-8-9-10-11-12-13-14-15-16-17-18-19-20-23-42(51)54-34-53-40-22-21-29-50-44(40)47-35(2)38(45(50)52)28-32-49-30-26-36(27-31-49)43-39-25-24-37(46)33-41(39)55-48-43/h3-4,6-7,9-10,12-13,15-16,18-19,24-25,33,36,40H,5,8,11,14,17,20-23,26-32,34H2,1-2H3/b4-3-,7-6-,10-9-,13-12-,16-15-,19-18+. The number of esters is 1. The number of ether oxygens (including phenoxy) is 2. The van der Waals surface area contributed by atoms with Crippen LogP contribution in [0.1, 0.15) is 112 Å². The van der Waals surface area contributed by atoms with Crippen molar-refractivity contribution in [3.63, 3.8) is 0 Å². The van der Waals surface area contributed by atoms with Crippen LogP contribution in [0.3, 0.4) is 0 Å². The molecule has 2 aliphatic rings. The molecule has 0 bridgehead atoms. The lowest BCUT2D eigenvalue weighted by Crippen LogP contribution is -2.38. The van der Waals surface area contributed by atoms with Crippen molar-refractivity contribution >= 4 is 16.9 Å². The minimum absolute atomic E-state index is 0.00918. The SMILES string of the molecule is C/C=C\C/C=C\C/C=C\C/C=C\C/C=C\C/C=C/CCC(=O)OCOC1CCCn2c1nc(C)c(CCN1CCC(c3noc4cc(F)ccc34)CC1)c2=O. The number of carbonyl (C=O) groups is 1. The largest absolute Gasteiger partial charge is 0.438 e. The highest BCUT2D eigenvalue weighted by Gasteiger charge is 2.28. The first kappa shape index (κ1) is 41.5. The van der Waals surface area contributed by atoms with Crippen LogP contribution in [0.5, 0.6) is 0 Å². The van der Waals surface area contributed by atoms with Crippen molar-refractivity contribution in [3.8, 4) is 0 Å². The molecule has 1 atom stereocenters. The zero-order valence-corrected chi connectivity index (χ0v) is 32.5. The minimum atomic E-state index is -0.399. The quantitative estimate of drug-likeness (QED) is 0.0639. The van der Waals surface area contributed by atoms with Crippen molar-refractivity contribution in [1.82, 2.24) is 19.6 Å². The van der Waals surface area contributed by atoms with Crippen LogP contribution < -0.4 is 5.56 Å². The van der Waals surface area contributed by atoms with Crippen LogP contribution >= 0.6 is 0 Å². The summed E-state index contributed by atoms with van der Waals surface area (Å²) in [5.74, 6) is 0.224. The Hall–Kier alpha value is -4.67. The number of hydrogen-bond acceptors (Lipinski definition) is 8. The zero-order valence-electron chi connectivity index (χ0n) is 32.5. The molecule has 10 heteroatoms. The molecule has 0 aliphatic carbocycles. The van der Waals surface area contributed by atoms with Crippen LogP contribution in [-0.2, 0) is 27.2 Å². The molecule has 55 heavy (non-hydrogen) atoms. The second kappa shape index (κ2) is 22.6. The van der Waals surface area contributed by atoms with E-state index < -0.39 is 6.10 Å². The maximum atomic E-state index is 13.6. The Labute approximate surface area is 325 Å². The van der Waals surface area contributed by atoms with Gasteiger partial charge in [0.25, 0.3) is 5.56 Å². The average molecular weight is 753 g/mol. The van der Waals surface area contributed by atoms with Gasteiger partial charge in [0.2, 0.25) is 0 Å². The van der Waals surface area contributed by atoms with Crippen molar-refractivity contribution in [1.29, 1.82) is 0 Å². The zero-order chi connectivity index (χ0) is 38.7. The maximum absolute atomic E-state index is 13.6. The highest BCUT2D eigenvalue weighted by atomic mass is 19.1. The fraction of sp³-hybridized carbons (Fsp3) is 0.467. The van der Waals surface area contributed by atoms with Gasteiger partial charge in [-0.15, -0.1) is 0 Å². The van der Waals surface area contributed by atoms with Crippen LogP contribution in [0.2, 0.25) is 0 Å². The van der Waals surface area contributed by atoms with Gasteiger partial charge in [-0.05, 0) is 110 Å². The highest BCUT2D eigenvalue weighted by molar-refractivity contribution is 5.79. The van der Waals surface area contributed by atoms with E-state index in [0.717, 1.165) is 93.3 Å². The van der Waals surface area contributed by atoms with Gasteiger partial charge in [-0.2, -0.15) is 0 Å². The van der Waals surface area contributed by atoms with Gasteiger partial charge in [-0.1, -0.05) is 78.1 Å². The number of hydrogen-bond donors (Lipinski definition) is 0. The van der Waals surface area contributed by atoms with E-state index in [0.29, 0.717) is 37.2 Å². The number of carbonyl (C=O) groups excluding carboxylic acids is 1. The second-order valence-electron chi connectivity index (χ2n) is 14.1. The Morgan fingerprint density at radius 2 is 1.56 bits per heavy atom. The average Bonchev–Trinajstić information content (AvgIpc) is 3.61. The Bertz CT molecular complexity index is 1910. The van der Waals surface area contributed by atoms with Gasteiger partial charge in [0, 0.05) is 48.1 Å². The molecule has 0 spiro atoms. The summed E-state index contributed by atoms with van der Waals surface area (Å²) in [5, 5.41) is 5.14. The summed E-state index contributed by atoms with van der Waals surface area (Å²) in [6, 6.07) is 4.58. The number of rotatable bonds is 20. The molecule has 294 valence electrons.